The minimum absolute atomic E-state index is 0.0853. The summed E-state index contributed by atoms with van der Waals surface area (Å²) in [6.07, 6.45) is 0. The summed E-state index contributed by atoms with van der Waals surface area (Å²) in [5, 5.41) is 5.13. The number of carbonyl (C=O) groups excluding carboxylic acids is 1. The summed E-state index contributed by atoms with van der Waals surface area (Å²) in [6, 6.07) is 14.2. The Labute approximate surface area is 155 Å². The minimum Gasteiger partial charge on any atom is -0.367 e. The van der Waals surface area contributed by atoms with Gasteiger partial charge in [-0.15, -0.1) is 0 Å². The maximum Gasteiger partial charge on any atom is 0.276 e. The van der Waals surface area contributed by atoms with Crippen LogP contribution in [0, 0.1) is 0 Å². The molecule has 1 aromatic heterocycles. The minimum atomic E-state index is -0.363. The number of aromatic nitrogens is 1. The van der Waals surface area contributed by atoms with Crippen molar-refractivity contribution in [1.82, 2.24) is 9.88 Å². The van der Waals surface area contributed by atoms with Crippen LogP contribution in [-0.2, 0) is 6.54 Å². The van der Waals surface area contributed by atoms with Crippen molar-refractivity contribution in [3.63, 3.8) is 0 Å². The van der Waals surface area contributed by atoms with Crippen molar-refractivity contribution in [1.29, 1.82) is 0 Å². The van der Waals surface area contributed by atoms with Crippen LogP contribution in [-0.4, -0.2) is 28.8 Å². The van der Waals surface area contributed by atoms with E-state index >= 15 is 0 Å². The highest BCUT2D eigenvalue weighted by Crippen LogP contribution is 2.24. The zero-order valence-electron chi connectivity index (χ0n) is 14.1. The molecule has 7 nitrogen and oxygen atoms in total. The Morgan fingerprint density at radius 3 is 2.77 bits per heavy atom. The van der Waals surface area contributed by atoms with Crippen molar-refractivity contribution in [3.05, 3.63) is 64.8 Å². The van der Waals surface area contributed by atoms with Crippen LogP contribution in [0.2, 0.25) is 5.02 Å². The summed E-state index contributed by atoms with van der Waals surface area (Å²) < 4.78 is 0. The van der Waals surface area contributed by atoms with Crippen molar-refractivity contribution in [2.45, 2.75) is 6.54 Å². The molecule has 5 N–H and O–H groups in total. The monoisotopic (exact) mass is 371 g/mol. The average molecular weight is 372 g/mol. The van der Waals surface area contributed by atoms with Gasteiger partial charge in [-0.1, -0.05) is 29.8 Å². The molecular formula is C18H18ClN5O2. The second kappa shape index (κ2) is 7.47. The van der Waals surface area contributed by atoms with Crippen molar-refractivity contribution < 1.29 is 9.63 Å². The molecule has 0 atom stereocenters. The molecule has 0 saturated carbocycles. The lowest BCUT2D eigenvalue weighted by atomic mass is 10.2. The van der Waals surface area contributed by atoms with Crippen molar-refractivity contribution in [2.24, 2.45) is 16.6 Å². The first-order chi connectivity index (χ1) is 12.5. The molecule has 3 rings (SSSR count). The van der Waals surface area contributed by atoms with Crippen LogP contribution < -0.4 is 16.3 Å². The number of oxime groups is 1. The predicted octanol–water partition coefficient (Wildman–Crippen LogP) is 2.66. The number of guanidine groups is 1. The van der Waals surface area contributed by atoms with E-state index in [2.05, 4.69) is 10.1 Å². The van der Waals surface area contributed by atoms with Crippen LogP contribution in [0.1, 0.15) is 16.1 Å². The van der Waals surface area contributed by atoms with Gasteiger partial charge < -0.3 is 21.3 Å². The van der Waals surface area contributed by atoms with Crippen LogP contribution in [0.3, 0.4) is 0 Å². The topological polar surface area (TPSA) is 110 Å². The summed E-state index contributed by atoms with van der Waals surface area (Å²) >= 11 is 6.14. The molecule has 134 valence electrons. The summed E-state index contributed by atoms with van der Waals surface area (Å²) in [5.41, 5.74) is 13.5. The van der Waals surface area contributed by atoms with Crippen LogP contribution >= 0.6 is 11.6 Å². The van der Waals surface area contributed by atoms with E-state index < -0.39 is 0 Å². The van der Waals surface area contributed by atoms with Gasteiger partial charge in [0, 0.05) is 29.5 Å². The number of H-pyrrole nitrogens is 1. The highest BCUT2D eigenvalue weighted by molar-refractivity contribution is 6.35. The Balaban J connectivity index is 1.76. The Hall–Kier alpha value is -3.03. The second-order valence-electron chi connectivity index (χ2n) is 5.64. The van der Waals surface area contributed by atoms with E-state index in [1.165, 1.54) is 11.9 Å². The summed E-state index contributed by atoms with van der Waals surface area (Å²) in [4.78, 5) is 22.1. The molecule has 2 aromatic carbocycles. The first-order valence-corrected chi connectivity index (χ1v) is 8.22. The predicted molar refractivity (Wildman–Crippen MR) is 102 cm³/mol. The van der Waals surface area contributed by atoms with E-state index in [9.17, 15) is 4.79 Å². The molecule has 0 radical (unpaired) electrons. The molecule has 3 aromatic rings. The Kier molecular flexibility index (Phi) is 5.11. The smallest absolute Gasteiger partial charge is 0.276 e. The van der Waals surface area contributed by atoms with Gasteiger partial charge in [0.15, 0.2) is 5.75 Å². The van der Waals surface area contributed by atoms with E-state index in [0.29, 0.717) is 23.0 Å². The number of carbonyl (C=O) groups is 1. The molecule has 0 aliphatic carbocycles. The largest absolute Gasteiger partial charge is 0.367 e. The maximum absolute atomic E-state index is 12.6. The number of rotatable bonds is 4. The fraction of sp³-hybridized carbons (Fsp3) is 0.111. The highest BCUT2D eigenvalue weighted by atomic mass is 35.5. The third kappa shape index (κ3) is 3.63. The van der Waals surface area contributed by atoms with Gasteiger partial charge in [-0.05, 0) is 41.1 Å². The van der Waals surface area contributed by atoms with Gasteiger partial charge in [0.25, 0.3) is 5.91 Å². The van der Waals surface area contributed by atoms with Gasteiger partial charge in [-0.2, -0.15) is 0 Å². The van der Waals surface area contributed by atoms with Gasteiger partial charge in [0.2, 0.25) is 5.96 Å². The van der Waals surface area contributed by atoms with Gasteiger partial charge in [-0.3, -0.25) is 9.69 Å². The average Bonchev–Trinajstić information content (AvgIpc) is 3.10. The third-order valence-electron chi connectivity index (χ3n) is 3.87. The quantitative estimate of drug-likeness (QED) is 0.372. The first-order valence-electron chi connectivity index (χ1n) is 7.84. The normalized spacial score (nSPS) is 11.6. The summed E-state index contributed by atoms with van der Waals surface area (Å²) in [6.45, 7) is 0.387. The molecule has 0 fully saturated rings. The summed E-state index contributed by atoms with van der Waals surface area (Å²) in [7, 11) is 1.51. The zero-order chi connectivity index (χ0) is 18.7. The number of hydrogen-bond donors (Lipinski definition) is 3. The number of nitrogens with zero attached hydrogens (tertiary/aromatic N) is 2. The van der Waals surface area contributed by atoms with Gasteiger partial charge in [-0.25, -0.2) is 0 Å². The van der Waals surface area contributed by atoms with Crippen molar-refractivity contribution in [2.75, 3.05) is 7.05 Å². The van der Waals surface area contributed by atoms with E-state index in [1.54, 1.807) is 36.4 Å². The van der Waals surface area contributed by atoms with E-state index in [0.717, 1.165) is 16.5 Å². The third-order valence-corrected chi connectivity index (χ3v) is 4.20. The van der Waals surface area contributed by atoms with E-state index in [4.69, 9.17) is 27.9 Å². The number of fused-ring (bicyclic) bond motifs is 1. The van der Waals surface area contributed by atoms with Crippen molar-refractivity contribution in [3.8, 4) is 5.75 Å². The van der Waals surface area contributed by atoms with Crippen LogP contribution in [0.25, 0.3) is 10.9 Å². The zero-order valence-corrected chi connectivity index (χ0v) is 14.8. The molecular weight excluding hydrogens is 354 g/mol. The number of aromatic amines is 1. The molecule has 0 saturated heterocycles. The van der Waals surface area contributed by atoms with Gasteiger partial charge in [0.1, 0.15) is 5.69 Å². The lowest BCUT2D eigenvalue weighted by molar-refractivity contribution is 0.0861. The molecule has 26 heavy (non-hydrogen) atoms. The van der Waals surface area contributed by atoms with Crippen LogP contribution in [0.5, 0.6) is 5.75 Å². The molecule has 0 bridgehead atoms. The maximum atomic E-state index is 12.6. The van der Waals surface area contributed by atoms with Crippen LogP contribution in [0.4, 0.5) is 0 Å². The number of benzene rings is 2. The molecule has 0 unspecified atom stereocenters. The lowest BCUT2D eigenvalue weighted by Crippen LogP contribution is -2.39. The Morgan fingerprint density at radius 1 is 1.27 bits per heavy atom. The molecule has 1 amide bonds. The van der Waals surface area contributed by atoms with Crippen LogP contribution in [0.15, 0.2) is 53.7 Å². The Morgan fingerprint density at radius 2 is 2.04 bits per heavy atom. The molecule has 1 heterocycles. The number of halogens is 1. The first kappa shape index (κ1) is 17.8. The Bertz CT molecular complexity index is 983. The number of amides is 1. The standard InChI is InChI=1S/C18H18ClN5O2/c1-24(18(21)23-26-12-5-2-4-11(8-12)10-20)17(25)16-9-13-14(19)6-3-7-15(13)22-16/h2-9,22H,10,20H2,1H3,(H2,21,23). The van der Waals surface area contributed by atoms with Gasteiger partial charge in [0.05, 0.1) is 0 Å². The number of nitrogens with one attached hydrogen (secondary N) is 1. The van der Waals surface area contributed by atoms with E-state index in [-0.39, 0.29) is 11.9 Å². The molecule has 0 aliphatic rings. The fourth-order valence-corrected chi connectivity index (χ4v) is 2.64. The highest BCUT2D eigenvalue weighted by Gasteiger charge is 2.18. The SMILES string of the molecule is CN(C(=O)c1cc2c(Cl)cccc2[nH]1)C(N)=NOc1cccc(CN)c1. The second-order valence-corrected chi connectivity index (χ2v) is 6.05. The van der Waals surface area contributed by atoms with Gasteiger partial charge >= 0.3 is 0 Å². The molecule has 8 heteroatoms. The number of nitrogens with two attached hydrogens (primary N) is 2. The van der Waals surface area contributed by atoms with E-state index in [1.807, 2.05) is 12.1 Å². The molecule has 0 spiro atoms. The molecule has 0 aliphatic heterocycles. The lowest BCUT2D eigenvalue weighted by Gasteiger charge is -2.14. The fourth-order valence-electron chi connectivity index (χ4n) is 2.41. The summed E-state index contributed by atoms with van der Waals surface area (Å²) in [5.74, 6) is 0.0323. The number of hydrogen-bond acceptors (Lipinski definition) is 4. The van der Waals surface area contributed by atoms with Crippen molar-refractivity contribution >= 4 is 34.4 Å².